The Morgan fingerprint density at radius 1 is 1.41 bits per heavy atom. The van der Waals surface area contributed by atoms with Gasteiger partial charge in [-0.25, -0.2) is 4.39 Å². The van der Waals surface area contributed by atoms with E-state index in [1.54, 1.807) is 13.0 Å². The monoisotopic (exact) mass is 254 g/mol. The molecule has 0 aliphatic rings. The lowest BCUT2D eigenvalue weighted by Crippen LogP contribution is -2.03. The summed E-state index contributed by atoms with van der Waals surface area (Å²) in [6.07, 6.45) is 1.03. The number of furan rings is 1. The largest absolute Gasteiger partial charge is 0.469 e. The van der Waals surface area contributed by atoms with Crippen molar-refractivity contribution in [3.63, 3.8) is 0 Å². The van der Waals surface area contributed by atoms with E-state index < -0.39 is 6.10 Å². The van der Waals surface area contributed by atoms with Crippen molar-refractivity contribution in [2.24, 2.45) is 0 Å². The number of benzene rings is 1. The van der Waals surface area contributed by atoms with Crippen LogP contribution in [0.15, 0.2) is 34.9 Å². The van der Waals surface area contributed by atoms with Crippen molar-refractivity contribution < 1.29 is 13.9 Å². The van der Waals surface area contributed by atoms with E-state index in [1.165, 1.54) is 24.5 Å². The van der Waals surface area contributed by atoms with Crippen molar-refractivity contribution in [2.75, 3.05) is 0 Å². The highest BCUT2D eigenvalue weighted by Gasteiger charge is 2.15. The van der Waals surface area contributed by atoms with Crippen LogP contribution in [0.3, 0.4) is 0 Å². The molecule has 90 valence electrons. The van der Waals surface area contributed by atoms with Gasteiger partial charge in [-0.1, -0.05) is 11.6 Å². The quantitative estimate of drug-likeness (QED) is 0.907. The molecule has 0 spiro atoms. The summed E-state index contributed by atoms with van der Waals surface area (Å²) in [5, 5.41) is 10.5. The molecule has 1 N–H and O–H groups in total. The molecular weight excluding hydrogens is 243 g/mol. The molecule has 1 aromatic heterocycles. The van der Waals surface area contributed by atoms with E-state index >= 15 is 0 Å². The van der Waals surface area contributed by atoms with Gasteiger partial charge in [0.1, 0.15) is 11.6 Å². The van der Waals surface area contributed by atoms with Crippen molar-refractivity contribution in [2.45, 2.75) is 19.4 Å². The second kappa shape index (κ2) is 4.90. The molecule has 0 fully saturated rings. The van der Waals surface area contributed by atoms with Gasteiger partial charge in [-0.05, 0) is 36.8 Å². The zero-order valence-corrected chi connectivity index (χ0v) is 10.0. The highest BCUT2D eigenvalue weighted by atomic mass is 35.5. The minimum absolute atomic E-state index is 0.261. The summed E-state index contributed by atoms with van der Waals surface area (Å²) in [5.74, 6) is 0.297. The van der Waals surface area contributed by atoms with E-state index in [4.69, 9.17) is 16.0 Å². The molecular formula is C13H12ClFO2. The molecule has 2 aromatic rings. The number of rotatable bonds is 3. The Hall–Kier alpha value is -1.32. The van der Waals surface area contributed by atoms with Gasteiger partial charge in [0.25, 0.3) is 0 Å². The van der Waals surface area contributed by atoms with Crippen LogP contribution < -0.4 is 0 Å². The lowest BCUT2D eigenvalue weighted by molar-refractivity contribution is 0.176. The molecule has 2 nitrogen and oxygen atoms in total. The fourth-order valence-corrected chi connectivity index (χ4v) is 1.95. The summed E-state index contributed by atoms with van der Waals surface area (Å²) in [7, 11) is 0. The molecule has 1 unspecified atom stereocenters. The Labute approximate surface area is 104 Å². The van der Waals surface area contributed by atoms with Gasteiger partial charge in [0.05, 0.1) is 12.4 Å². The minimum Gasteiger partial charge on any atom is -0.469 e. The maximum atomic E-state index is 13.1. The molecule has 0 aliphatic heterocycles. The lowest BCUT2D eigenvalue weighted by Gasteiger charge is -2.11. The van der Waals surface area contributed by atoms with Gasteiger partial charge in [0.2, 0.25) is 0 Å². The van der Waals surface area contributed by atoms with Crippen LogP contribution in [0.1, 0.15) is 23.0 Å². The van der Waals surface area contributed by atoms with Gasteiger partial charge in [0, 0.05) is 17.0 Å². The Bertz CT molecular complexity index is 522. The molecule has 17 heavy (non-hydrogen) atoms. The summed E-state index contributed by atoms with van der Waals surface area (Å²) in [6, 6.07) is 5.82. The van der Waals surface area contributed by atoms with Crippen molar-refractivity contribution in [1.82, 2.24) is 0 Å². The van der Waals surface area contributed by atoms with Crippen LogP contribution in [0.25, 0.3) is 0 Å². The second-order valence-electron chi connectivity index (χ2n) is 3.89. The first-order valence-electron chi connectivity index (χ1n) is 5.24. The van der Waals surface area contributed by atoms with Gasteiger partial charge in [0.15, 0.2) is 0 Å². The highest BCUT2D eigenvalue weighted by molar-refractivity contribution is 6.31. The maximum absolute atomic E-state index is 13.1. The van der Waals surface area contributed by atoms with E-state index in [-0.39, 0.29) is 12.2 Å². The predicted molar refractivity (Wildman–Crippen MR) is 63.5 cm³/mol. The van der Waals surface area contributed by atoms with Crippen LogP contribution in [0.4, 0.5) is 4.39 Å². The summed E-state index contributed by atoms with van der Waals surface area (Å²) in [6.45, 7) is 1.77. The third kappa shape index (κ3) is 2.68. The van der Waals surface area contributed by atoms with Crippen LogP contribution in [0.2, 0.25) is 5.02 Å². The van der Waals surface area contributed by atoms with Gasteiger partial charge < -0.3 is 9.52 Å². The molecule has 0 aliphatic carbocycles. The second-order valence-corrected chi connectivity index (χ2v) is 4.29. The summed E-state index contributed by atoms with van der Waals surface area (Å²) >= 11 is 5.94. The van der Waals surface area contributed by atoms with E-state index in [0.717, 1.165) is 0 Å². The van der Waals surface area contributed by atoms with Crippen LogP contribution in [0, 0.1) is 12.7 Å². The van der Waals surface area contributed by atoms with Gasteiger partial charge in [-0.3, -0.25) is 0 Å². The minimum atomic E-state index is -0.743. The zero-order valence-electron chi connectivity index (χ0n) is 9.28. The van der Waals surface area contributed by atoms with Crippen molar-refractivity contribution >= 4 is 11.6 Å². The molecule has 0 radical (unpaired) electrons. The molecule has 0 saturated carbocycles. The first-order chi connectivity index (χ1) is 8.08. The number of hydrogen-bond acceptors (Lipinski definition) is 2. The van der Waals surface area contributed by atoms with Gasteiger partial charge in [-0.2, -0.15) is 0 Å². The maximum Gasteiger partial charge on any atom is 0.123 e. The van der Waals surface area contributed by atoms with Crippen LogP contribution in [-0.4, -0.2) is 5.11 Å². The Morgan fingerprint density at radius 3 is 2.82 bits per heavy atom. The van der Waals surface area contributed by atoms with Gasteiger partial charge >= 0.3 is 0 Å². The fraction of sp³-hybridized carbons (Fsp3) is 0.231. The predicted octanol–water partition coefficient (Wildman–Crippen LogP) is 3.66. The average molecular weight is 255 g/mol. The smallest absolute Gasteiger partial charge is 0.123 e. The third-order valence-electron chi connectivity index (χ3n) is 2.68. The van der Waals surface area contributed by atoms with Gasteiger partial charge in [-0.15, -0.1) is 0 Å². The Morgan fingerprint density at radius 2 is 2.18 bits per heavy atom. The number of aryl methyl sites for hydroxylation is 1. The Kier molecular flexibility index (Phi) is 3.50. The third-order valence-corrected chi connectivity index (χ3v) is 3.05. The molecule has 1 atom stereocenters. The molecule has 1 heterocycles. The molecule has 0 bridgehead atoms. The number of aliphatic hydroxyl groups excluding tert-OH is 1. The van der Waals surface area contributed by atoms with Crippen LogP contribution in [0.5, 0.6) is 0 Å². The summed E-state index contributed by atoms with van der Waals surface area (Å²) in [5.41, 5.74) is 1.28. The first-order valence-corrected chi connectivity index (χ1v) is 5.61. The van der Waals surface area contributed by atoms with Crippen molar-refractivity contribution in [3.05, 3.63) is 58.3 Å². The topological polar surface area (TPSA) is 33.4 Å². The van der Waals surface area contributed by atoms with Crippen LogP contribution in [-0.2, 0) is 6.42 Å². The van der Waals surface area contributed by atoms with E-state index in [0.29, 0.717) is 21.9 Å². The zero-order chi connectivity index (χ0) is 12.4. The Balaban J connectivity index is 2.21. The van der Waals surface area contributed by atoms with E-state index in [9.17, 15) is 9.50 Å². The van der Waals surface area contributed by atoms with E-state index in [2.05, 4.69) is 0 Å². The first kappa shape index (κ1) is 12.1. The highest BCUT2D eigenvalue weighted by Crippen LogP contribution is 2.26. The van der Waals surface area contributed by atoms with Crippen molar-refractivity contribution in [3.8, 4) is 0 Å². The number of hydrogen-bond donors (Lipinski definition) is 1. The normalized spacial score (nSPS) is 12.7. The lowest BCUT2D eigenvalue weighted by atomic mass is 10.0. The molecule has 4 heteroatoms. The summed E-state index contributed by atoms with van der Waals surface area (Å²) in [4.78, 5) is 0. The number of aliphatic hydroxyl groups is 1. The number of halogens is 2. The summed E-state index contributed by atoms with van der Waals surface area (Å²) < 4.78 is 18.2. The van der Waals surface area contributed by atoms with E-state index in [1.807, 2.05) is 0 Å². The molecule has 0 amide bonds. The molecule has 0 saturated heterocycles. The fourth-order valence-electron chi connectivity index (χ4n) is 1.76. The van der Waals surface area contributed by atoms with Crippen molar-refractivity contribution in [1.29, 1.82) is 0 Å². The molecule has 2 rings (SSSR count). The SMILES string of the molecule is Cc1occc1C(O)Cc1cc(F)ccc1Cl. The van der Waals surface area contributed by atoms with Crippen LogP contribution >= 0.6 is 11.6 Å². The average Bonchev–Trinajstić information content (AvgIpc) is 2.70. The standard InChI is InChI=1S/C13H12ClFO2/c1-8-11(4-5-17-8)13(16)7-9-6-10(15)2-3-12(9)14/h2-6,13,16H,7H2,1H3. The molecule has 1 aromatic carbocycles.